The Morgan fingerprint density at radius 3 is 2.39 bits per heavy atom. The van der Waals surface area contributed by atoms with Crippen molar-refractivity contribution in [2.45, 2.75) is 76.6 Å². The molecule has 156 valence electrons. The molecule has 0 aromatic heterocycles. The molecular weight excluding hydrogens is 352 g/mol. The zero-order valence-electron chi connectivity index (χ0n) is 17.2. The summed E-state index contributed by atoms with van der Waals surface area (Å²) in [6.45, 7) is 4.57. The Morgan fingerprint density at radius 1 is 1.00 bits per heavy atom. The minimum Gasteiger partial charge on any atom is -0.393 e. The highest BCUT2D eigenvalue weighted by Crippen LogP contribution is 2.79. The largest absolute Gasteiger partial charge is 0.393 e. The van der Waals surface area contributed by atoms with Crippen LogP contribution in [0.2, 0.25) is 0 Å². The van der Waals surface area contributed by atoms with Gasteiger partial charge in [-0.3, -0.25) is 0 Å². The minimum atomic E-state index is -0.635. The standard InChI is InChI=1S/C21H32O3.C3H4O/c1-19-5-4-14-16(17(19)11-7-12(11)18(19)23)13-8-15(13)21(24)9-10(22)3-6-20(14,21)2;1-2-3-4/h10-18,22-24H,3-9H2,1-2H3;1,4H,3H2. The lowest BCUT2D eigenvalue weighted by Crippen LogP contribution is -2.64. The third-order valence-corrected chi connectivity index (χ3v) is 10.5. The van der Waals surface area contributed by atoms with Crippen molar-refractivity contribution < 1.29 is 20.4 Å². The van der Waals surface area contributed by atoms with Gasteiger partial charge in [-0.15, -0.1) is 6.42 Å². The van der Waals surface area contributed by atoms with E-state index in [0.717, 1.165) is 31.1 Å². The summed E-state index contributed by atoms with van der Waals surface area (Å²) in [5.41, 5.74) is -0.514. The molecule has 0 saturated heterocycles. The van der Waals surface area contributed by atoms with E-state index in [-0.39, 0.29) is 29.6 Å². The molecule has 12 unspecified atom stereocenters. The highest BCUT2D eigenvalue weighted by atomic mass is 16.3. The van der Waals surface area contributed by atoms with E-state index >= 15 is 0 Å². The van der Waals surface area contributed by atoms with Gasteiger partial charge in [0, 0.05) is 6.42 Å². The molecule has 6 rings (SSSR count). The summed E-state index contributed by atoms with van der Waals surface area (Å²) in [5, 5.41) is 40.5. The Morgan fingerprint density at radius 2 is 1.71 bits per heavy atom. The van der Waals surface area contributed by atoms with Gasteiger partial charge in [0.15, 0.2) is 0 Å². The van der Waals surface area contributed by atoms with Crippen molar-refractivity contribution in [1.29, 1.82) is 0 Å². The molecular formula is C24H36O4. The fraction of sp³-hybridized carbons (Fsp3) is 0.917. The SMILES string of the molecule is C#CCO.CC12CCC3C(C4CC4C4(O)CC(O)CCC34C)C1C1CC1C2O. The first kappa shape index (κ1) is 19.4. The third-order valence-electron chi connectivity index (χ3n) is 10.5. The summed E-state index contributed by atoms with van der Waals surface area (Å²) < 4.78 is 0. The van der Waals surface area contributed by atoms with E-state index in [1.807, 2.05) is 5.92 Å². The van der Waals surface area contributed by atoms with Gasteiger partial charge in [-0.05, 0) is 90.8 Å². The van der Waals surface area contributed by atoms with E-state index in [4.69, 9.17) is 5.11 Å². The molecule has 0 radical (unpaired) electrons. The fourth-order valence-electron chi connectivity index (χ4n) is 9.09. The highest BCUT2D eigenvalue weighted by Gasteiger charge is 2.78. The first-order chi connectivity index (χ1) is 13.2. The third kappa shape index (κ3) is 2.23. The van der Waals surface area contributed by atoms with Gasteiger partial charge >= 0.3 is 0 Å². The van der Waals surface area contributed by atoms with Gasteiger partial charge in [-0.2, -0.15) is 0 Å². The van der Waals surface area contributed by atoms with Gasteiger partial charge in [0.25, 0.3) is 0 Å². The van der Waals surface area contributed by atoms with Crippen molar-refractivity contribution in [3.05, 3.63) is 0 Å². The molecule has 6 fully saturated rings. The maximum absolute atomic E-state index is 11.7. The number of fused-ring (bicyclic) bond motifs is 10. The van der Waals surface area contributed by atoms with Gasteiger partial charge in [-0.1, -0.05) is 19.8 Å². The molecule has 0 aromatic carbocycles. The lowest BCUT2D eigenvalue weighted by molar-refractivity contribution is -0.230. The molecule has 12 atom stereocenters. The van der Waals surface area contributed by atoms with E-state index in [0.29, 0.717) is 36.0 Å². The normalized spacial score (nSPS) is 62.5. The molecule has 4 heteroatoms. The molecule has 0 heterocycles. The summed E-state index contributed by atoms with van der Waals surface area (Å²) in [5.74, 6) is 6.43. The van der Waals surface area contributed by atoms with Crippen LogP contribution in [-0.4, -0.2) is 44.8 Å². The summed E-state index contributed by atoms with van der Waals surface area (Å²) in [7, 11) is 0. The number of rotatable bonds is 0. The van der Waals surface area contributed by atoms with Crippen molar-refractivity contribution in [1.82, 2.24) is 0 Å². The predicted octanol–water partition coefficient (Wildman–Crippen LogP) is 2.19. The lowest BCUT2D eigenvalue weighted by atomic mass is 9.43. The van der Waals surface area contributed by atoms with Crippen LogP contribution >= 0.6 is 0 Å². The van der Waals surface area contributed by atoms with Crippen LogP contribution in [0.15, 0.2) is 0 Å². The molecule has 0 spiro atoms. The number of terminal acetylenes is 1. The first-order valence-corrected chi connectivity index (χ1v) is 11.4. The topological polar surface area (TPSA) is 80.9 Å². The van der Waals surface area contributed by atoms with E-state index in [9.17, 15) is 15.3 Å². The zero-order chi connectivity index (χ0) is 20.1. The molecule has 0 aromatic rings. The van der Waals surface area contributed by atoms with Crippen LogP contribution < -0.4 is 0 Å². The molecule has 6 aliphatic rings. The van der Waals surface area contributed by atoms with Crippen molar-refractivity contribution >= 4 is 0 Å². The van der Waals surface area contributed by atoms with E-state index in [2.05, 4.69) is 20.3 Å². The average Bonchev–Trinajstić information content (AvgIpc) is 3.56. The number of aliphatic hydroxyl groups is 4. The number of hydrogen-bond acceptors (Lipinski definition) is 4. The predicted molar refractivity (Wildman–Crippen MR) is 106 cm³/mol. The van der Waals surface area contributed by atoms with Crippen molar-refractivity contribution in [3.8, 4) is 12.3 Å². The Kier molecular flexibility index (Phi) is 4.13. The molecule has 0 aliphatic heterocycles. The lowest BCUT2D eigenvalue weighted by Gasteiger charge is -2.64. The van der Waals surface area contributed by atoms with E-state index in [1.165, 1.54) is 19.3 Å². The molecule has 6 aliphatic carbocycles. The quantitative estimate of drug-likeness (QED) is 0.480. The van der Waals surface area contributed by atoms with Gasteiger partial charge in [0.05, 0.1) is 17.8 Å². The summed E-state index contributed by atoms with van der Waals surface area (Å²) in [6.07, 6.45) is 11.3. The Labute approximate surface area is 168 Å². The molecule has 0 bridgehead atoms. The Bertz CT molecular complexity index is 701. The smallest absolute Gasteiger partial charge is 0.103 e. The van der Waals surface area contributed by atoms with Gasteiger partial charge < -0.3 is 20.4 Å². The second-order valence-electron chi connectivity index (χ2n) is 11.4. The first-order valence-electron chi connectivity index (χ1n) is 11.4. The monoisotopic (exact) mass is 388 g/mol. The van der Waals surface area contributed by atoms with Crippen LogP contribution in [0.3, 0.4) is 0 Å². The highest BCUT2D eigenvalue weighted by molar-refractivity contribution is 5.26. The van der Waals surface area contributed by atoms with Crippen molar-refractivity contribution in [3.63, 3.8) is 0 Å². The maximum atomic E-state index is 11.7. The number of hydrogen-bond donors (Lipinski definition) is 4. The van der Waals surface area contributed by atoms with Crippen LogP contribution in [-0.2, 0) is 0 Å². The molecule has 0 amide bonds. The molecule has 28 heavy (non-hydrogen) atoms. The van der Waals surface area contributed by atoms with Crippen LogP contribution in [0, 0.1) is 64.6 Å². The second kappa shape index (κ2) is 5.97. The zero-order valence-corrected chi connectivity index (χ0v) is 17.2. The van der Waals surface area contributed by atoms with E-state index in [1.54, 1.807) is 0 Å². The Hall–Kier alpha value is -0.600. The van der Waals surface area contributed by atoms with Crippen LogP contribution in [0.4, 0.5) is 0 Å². The average molecular weight is 389 g/mol. The van der Waals surface area contributed by atoms with Crippen LogP contribution in [0.25, 0.3) is 0 Å². The summed E-state index contributed by atoms with van der Waals surface area (Å²) in [6, 6.07) is 0. The Balaban J connectivity index is 0.000000393. The molecule has 6 saturated carbocycles. The van der Waals surface area contributed by atoms with Gasteiger partial charge in [0.2, 0.25) is 0 Å². The fourth-order valence-corrected chi connectivity index (χ4v) is 9.09. The molecule has 4 nitrogen and oxygen atoms in total. The van der Waals surface area contributed by atoms with Crippen LogP contribution in [0.1, 0.15) is 58.8 Å². The minimum absolute atomic E-state index is 0.0200. The van der Waals surface area contributed by atoms with Crippen molar-refractivity contribution in [2.75, 3.05) is 6.61 Å². The van der Waals surface area contributed by atoms with Gasteiger partial charge in [0.1, 0.15) is 6.61 Å². The van der Waals surface area contributed by atoms with Crippen molar-refractivity contribution in [2.24, 2.45) is 52.3 Å². The van der Waals surface area contributed by atoms with Gasteiger partial charge in [-0.25, -0.2) is 0 Å². The second-order valence-corrected chi connectivity index (χ2v) is 11.4. The molecule has 4 N–H and O–H groups in total. The number of aliphatic hydroxyl groups excluding tert-OH is 3. The van der Waals surface area contributed by atoms with E-state index < -0.39 is 5.60 Å². The van der Waals surface area contributed by atoms with Crippen LogP contribution in [0.5, 0.6) is 0 Å². The summed E-state index contributed by atoms with van der Waals surface area (Å²) in [4.78, 5) is 0. The summed E-state index contributed by atoms with van der Waals surface area (Å²) >= 11 is 0. The maximum Gasteiger partial charge on any atom is 0.103 e.